The zero-order valence-electron chi connectivity index (χ0n) is 21.5. The minimum atomic E-state index is -1.88. The van der Waals surface area contributed by atoms with Gasteiger partial charge in [0, 0.05) is 13.8 Å². The summed E-state index contributed by atoms with van der Waals surface area (Å²) in [5, 5.41) is 86.8. The Bertz CT molecular complexity index is 805. The van der Waals surface area contributed by atoms with Gasteiger partial charge in [-0.1, -0.05) is 0 Å². The number of hydrogen-bond donors (Lipinski definition) is 10. The largest absolute Gasteiger partial charge is 0.394 e. The van der Waals surface area contributed by atoms with Crippen molar-refractivity contribution < 1.29 is 74.1 Å². The molecule has 15 atom stereocenters. The molecule has 226 valence electrons. The Balaban J connectivity index is 1.81. The SMILES string of the molecule is CC(=O)N[C@@H]1[C@@H](O[C@H]2O[C@H](CO)[C@H](O[C@@H]3O[C@H](CO)[C@H](O)[C@H](O)[C@H]3O)[C@H](O)[C@H]2O)[C@H](NC(C)=O)[C@@H](C)O[C@H]1O. The van der Waals surface area contributed by atoms with Crippen LogP contribution in [-0.2, 0) is 33.3 Å². The zero-order chi connectivity index (χ0) is 29.2. The third-order valence-electron chi connectivity index (χ3n) is 6.87. The van der Waals surface area contributed by atoms with E-state index < -0.39 is 117 Å². The van der Waals surface area contributed by atoms with E-state index in [0.717, 1.165) is 0 Å². The minimum absolute atomic E-state index is 0.492. The van der Waals surface area contributed by atoms with Crippen molar-refractivity contribution in [2.24, 2.45) is 0 Å². The van der Waals surface area contributed by atoms with Crippen LogP contribution in [0.4, 0.5) is 0 Å². The van der Waals surface area contributed by atoms with Gasteiger partial charge in [0.2, 0.25) is 11.8 Å². The molecule has 10 N–H and O–H groups in total. The van der Waals surface area contributed by atoms with E-state index in [-0.39, 0.29) is 0 Å². The quantitative estimate of drug-likeness (QED) is 0.130. The van der Waals surface area contributed by atoms with Crippen molar-refractivity contribution in [2.75, 3.05) is 13.2 Å². The molecule has 17 nitrogen and oxygen atoms in total. The van der Waals surface area contributed by atoms with E-state index >= 15 is 0 Å². The number of aliphatic hydroxyl groups is 8. The fourth-order valence-corrected chi connectivity index (χ4v) is 4.86. The van der Waals surface area contributed by atoms with Crippen LogP contribution in [0.1, 0.15) is 20.8 Å². The Morgan fingerprint density at radius 1 is 0.667 bits per heavy atom. The van der Waals surface area contributed by atoms with Crippen LogP contribution in [0.15, 0.2) is 0 Å². The number of carbonyl (C=O) groups excluding carboxylic acids is 2. The van der Waals surface area contributed by atoms with Crippen molar-refractivity contribution in [3.63, 3.8) is 0 Å². The van der Waals surface area contributed by atoms with Crippen molar-refractivity contribution in [1.82, 2.24) is 10.6 Å². The molecule has 0 aliphatic carbocycles. The number of hydrogen-bond acceptors (Lipinski definition) is 15. The van der Waals surface area contributed by atoms with Crippen LogP contribution < -0.4 is 10.6 Å². The van der Waals surface area contributed by atoms with Gasteiger partial charge in [0.05, 0.1) is 25.4 Å². The van der Waals surface area contributed by atoms with Gasteiger partial charge in [0.1, 0.15) is 61.0 Å². The van der Waals surface area contributed by atoms with Crippen LogP contribution in [-0.4, -0.2) is 158 Å². The lowest BCUT2D eigenvalue weighted by molar-refractivity contribution is -0.368. The van der Waals surface area contributed by atoms with E-state index in [0.29, 0.717) is 0 Å². The standard InChI is InChI=1S/C22H38N2O15/c1-6-11(23-7(2)27)19(12(20(34)35-6)24-8(3)28)39-22-17(33)15(31)18(10(5-26)37-22)38-21-16(32)14(30)13(29)9(4-25)36-21/h6,9-22,25-26,29-34H,4-5H2,1-3H3,(H,23,27)(H,24,28)/t6-,9-,10-,11-,12-,13+,14+,15-,16-,17-,18+,19+,20-,21+,22-/m1/s1. The first-order valence-electron chi connectivity index (χ1n) is 12.4. The van der Waals surface area contributed by atoms with Gasteiger partial charge in [-0.25, -0.2) is 0 Å². The zero-order valence-corrected chi connectivity index (χ0v) is 21.5. The molecular weight excluding hydrogens is 532 g/mol. The van der Waals surface area contributed by atoms with Crippen LogP contribution >= 0.6 is 0 Å². The van der Waals surface area contributed by atoms with E-state index in [4.69, 9.17) is 23.7 Å². The molecule has 0 bridgehead atoms. The van der Waals surface area contributed by atoms with Crippen LogP contribution in [0.5, 0.6) is 0 Å². The third kappa shape index (κ3) is 7.02. The molecule has 3 rings (SSSR count). The van der Waals surface area contributed by atoms with Crippen molar-refractivity contribution >= 4 is 11.8 Å². The molecule has 17 heteroatoms. The molecule has 3 saturated heterocycles. The average molecular weight is 571 g/mol. The molecule has 0 radical (unpaired) electrons. The highest BCUT2D eigenvalue weighted by atomic mass is 16.7. The molecular formula is C22H38N2O15. The lowest BCUT2D eigenvalue weighted by atomic mass is 9.93. The van der Waals surface area contributed by atoms with Crippen molar-refractivity contribution in [1.29, 1.82) is 0 Å². The van der Waals surface area contributed by atoms with E-state index in [1.807, 2.05) is 0 Å². The van der Waals surface area contributed by atoms with Crippen molar-refractivity contribution in [3.05, 3.63) is 0 Å². The Kier molecular flexibility index (Phi) is 11.0. The Morgan fingerprint density at radius 2 is 1.15 bits per heavy atom. The predicted octanol–water partition coefficient (Wildman–Crippen LogP) is -6.26. The Labute approximate surface area is 223 Å². The normalized spacial score (nSPS) is 46.9. The number of nitrogens with one attached hydrogen (secondary N) is 2. The first-order valence-corrected chi connectivity index (χ1v) is 12.4. The first kappa shape index (κ1) is 31.9. The molecule has 0 aromatic carbocycles. The highest BCUT2D eigenvalue weighted by Crippen LogP contribution is 2.32. The van der Waals surface area contributed by atoms with Gasteiger partial charge >= 0.3 is 0 Å². The Morgan fingerprint density at radius 3 is 1.69 bits per heavy atom. The van der Waals surface area contributed by atoms with Gasteiger partial charge in [0.25, 0.3) is 0 Å². The van der Waals surface area contributed by atoms with Crippen LogP contribution in [0.25, 0.3) is 0 Å². The lowest BCUT2D eigenvalue weighted by Crippen LogP contribution is -2.70. The number of carbonyl (C=O) groups is 2. The smallest absolute Gasteiger partial charge is 0.217 e. The number of aliphatic hydroxyl groups excluding tert-OH is 8. The molecule has 39 heavy (non-hydrogen) atoms. The molecule has 0 aromatic rings. The summed E-state index contributed by atoms with van der Waals surface area (Å²) in [7, 11) is 0. The van der Waals surface area contributed by atoms with E-state index in [1.165, 1.54) is 20.8 Å². The van der Waals surface area contributed by atoms with Gasteiger partial charge in [-0.3, -0.25) is 9.59 Å². The predicted molar refractivity (Wildman–Crippen MR) is 123 cm³/mol. The summed E-state index contributed by atoms with van der Waals surface area (Å²) < 4.78 is 27.7. The van der Waals surface area contributed by atoms with E-state index in [9.17, 15) is 50.4 Å². The topological polar surface area (TPSA) is 266 Å². The van der Waals surface area contributed by atoms with Gasteiger partial charge in [-0.15, -0.1) is 0 Å². The van der Waals surface area contributed by atoms with E-state index in [1.54, 1.807) is 0 Å². The summed E-state index contributed by atoms with van der Waals surface area (Å²) >= 11 is 0. The number of rotatable bonds is 8. The van der Waals surface area contributed by atoms with Crippen molar-refractivity contribution in [3.8, 4) is 0 Å². The maximum absolute atomic E-state index is 11.8. The maximum Gasteiger partial charge on any atom is 0.217 e. The average Bonchev–Trinajstić information content (AvgIpc) is 2.87. The minimum Gasteiger partial charge on any atom is -0.394 e. The molecule has 3 fully saturated rings. The molecule has 0 unspecified atom stereocenters. The monoisotopic (exact) mass is 570 g/mol. The van der Waals surface area contributed by atoms with Gasteiger partial charge in [-0.2, -0.15) is 0 Å². The van der Waals surface area contributed by atoms with Gasteiger partial charge < -0.3 is 75.2 Å². The molecule has 0 aromatic heterocycles. The molecule has 2 amide bonds. The molecule has 0 saturated carbocycles. The number of ether oxygens (including phenoxy) is 5. The summed E-state index contributed by atoms with van der Waals surface area (Å²) in [6.45, 7) is 2.38. The van der Waals surface area contributed by atoms with Gasteiger partial charge in [0.15, 0.2) is 18.9 Å². The molecule has 3 aliphatic heterocycles. The Hall–Kier alpha value is -1.58. The fourth-order valence-electron chi connectivity index (χ4n) is 4.86. The summed E-state index contributed by atoms with van der Waals surface area (Å²) in [5.41, 5.74) is 0. The summed E-state index contributed by atoms with van der Waals surface area (Å²) in [4.78, 5) is 23.6. The summed E-state index contributed by atoms with van der Waals surface area (Å²) in [6, 6.07) is -2.22. The highest BCUT2D eigenvalue weighted by molar-refractivity contribution is 5.74. The van der Waals surface area contributed by atoms with Crippen LogP contribution in [0.2, 0.25) is 0 Å². The second kappa shape index (κ2) is 13.4. The molecule has 3 heterocycles. The maximum atomic E-state index is 11.8. The van der Waals surface area contributed by atoms with Gasteiger partial charge in [-0.05, 0) is 6.92 Å². The van der Waals surface area contributed by atoms with Crippen LogP contribution in [0, 0.1) is 0 Å². The fraction of sp³-hybridized carbons (Fsp3) is 0.909. The van der Waals surface area contributed by atoms with E-state index in [2.05, 4.69) is 10.6 Å². The van der Waals surface area contributed by atoms with Crippen LogP contribution in [0.3, 0.4) is 0 Å². The first-order chi connectivity index (χ1) is 18.3. The lowest BCUT2D eigenvalue weighted by Gasteiger charge is -2.49. The molecule has 0 spiro atoms. The summed E-state index contributed by atoms with van der Waals surface area (Å²) in [5.74, 6) is -1.06. The summed E-state index contributed by atoms with van der Waals surface area (Å²) in [6.07, 6.45) is -20.4. The third-order valence-corrected chi connectivity index (χ3v) is 6.87. The highest BCUT2D eigenvalue weighted by Gasteiger charge is 2.53. The second-order valence-corrected chi connectivity index (χ2v) is 9.79. The number of amides is 2. The molecule has 3 aliphatic rings. The van der Waals surface area contributed by atoms with Crippen molar-refractivity contribution in [2.45, 2.75) is 113 Å². The second-order valence-electron chi connectivity index (χ2n) is 9.79.